The Labute approximate surface area is 190 Å². The summed E-state index contributed by atoms with van der Waals surface area (Å²) in [6, 6.07) is 16.6. The molecule has 1 atom stereocenters. The van der Waals surface area contributed by atoms with Gasteiger partial charge in [-0.1, -0.05) is 36.4 Å². The van der Waals surface area contributed by atoms with E-state index in [1.165, 1.54) is 23.8 Å². The van der Waals surface area contributed by atoms with E-state index in [4.69, 9.17) is 4.74 Å². The standard InChI is InChI=1S/C27H31N3O2/c31-27(26-9-2-1-6-24(26)19-29-12-3-4-13-29)30-14-15-32-20-21(18-30)16-22-7-5-8-23-17-28-11-10-25(22)23/h1-2,5-11,17,21H,3-4,12-16,18-20H2/t21-/m1/s1. The van der Waals surface area contributed by atoms with Gasteiger partial charge in [-0.2, -0.15) is 0 Å². The fourth-order valence-corrected chi connectivity index (χ4v) is 5.09. The Balaban J connectivity index is 1.33. The van der Waals surface area contributed by atoms with Crippen molar-refractivity contribution in [2.75, 3.05) is 39.4 Å². The third kappa shape index (κ3) is 4.69. The van der Waals surface area contributed by atoms with Crippen molar-refractivity contribution >= 4 is 16.7 Å². The Morgan fingerprint density at radius 3 is 2.75 bits per heavy atom. The molecule has 0 spiro atoms. The van der Waals surface area contributed by atoms with Gasteiger partial charge in [0, 0.05) is 48.9 Å². The van der Waals surface area contributed by atoms with Crippen LogP contribution in [0.3, 0.4) is 0 Å². The molecule has 0 N–H and O–H groups in total. The van der Waals surface area contributed by atoms with Crippen LogP contribution in [-0.2, 0) is 17.7 Å². The van der Waals surface area contributed by atoms with Crippen molar-refractivity contribution in [1.82, 2.24) is 14.8 Å². The van der Waals surface area contributed by atoms with Gasteiger partial charge in [-0.25, -0.2) is 0 Å². The number of hydrogen-bond acceptors (Lipinski definition) is 4. The SMILES string of the molecule is O=C(c1ccccc1CN1CCCC1)N1CCOC[C@H](Cc2cccc3cnccc23)C1. The Kier molecular flexibility index (Phi) is 6.46. The van der Waals surface area contributed by atoms with E-state index in [1.54, 1.807) is 0 Å². The topological polar surface area (TPSA) is 45.7 Å². The molecule has 1 aromatic heterocycles. The quantitative estimate of drug-likeness (QED) is 0.611. The summed E-state index contributed by atoms with van der Waals surface area (Å²) in [5, 5.41) is 2.39. The molecule has 32 heavy (non-hydrogen) atoms. The van der Waals surface area contributed by atoms with Gasteiger partial charge in [0.25, 0.3) is 5.91 Å². The number of nitrogens with zero attached hydrogens (tertiary/aromatic N) is 3. The first-order chi connectivity index (χ1) is 15.8. The first-order valence-electron chi connectivity index (χ1n) is 11.8. The summed E-state index contributed by atoms with van der Waals surface area (Å²) in [7, 11) is 0. The van der Waals surface area contributed by atoms with E-state index < -0.39 is 0 Å². The fourth-order valence-electron chi connectivity index (χ4n) is 5.09. The zero-order valence-corrected chi connectivity index (χ0v) is 18.6. The minimum atomic E-state index is 0.136. The lowest BCUT2D eigenvalue weighted by atomic mass is 9.95. The second-order valence-electron chi connectivity index (χ2n) is 9.05. The molecule has 2 aliphatic heterocycles. The van der Waals surface area contributed by atoms with Crippen LogP contribution < -0.4 is 0 Å². The Hall–Kier alpha value is -2.76. The number of likely N-dealkylation sites (tertiary alicyclic amines) is 1. The molecule has 3 heterocycles. The summed E-state index contributed by atoms with van der Waals surface area (Å²) in [5.74, 6) is 0.406. The molecule has 0 unspecified atom stereocenters. The largest absolute Gasteiger partial charge is 0.379 e. The Morgan fingerprint density at radius 2 is 1.84 bits per heavy atom. The van der Waals surface area contributed by atoms with E-state index in [2.05, 4.69) is 40.2 Å². The number of benzene rings is 2. The van der Waals surface area contributed by atoms with Gasteiger partial charge in [-0.3, -0.25) is 14.7 Å². The molecule has 2 aliphatic rings. The van der Waals surface area contributed by atoms with E-state index in [0.717, 1.165) is 49.1 Å². The number of ether oxygens (including phenoxy) is 1. The van der Waals surface area contributed by atoms with Crippen molar-refractivity contribution in [3.8, 4) is 0 Å². The van der Waals surface area contributed by atoms with Crippen LogP contribution >= 0.6 is 0 Å². The van der Waals surface area contributed by atoms with Gasteiger partial charge in [-0.05, 0) is 61.0 Å². The van der Waals surface area contributed by atoms with Gasteiger partial charge in [-0.15, -0.1) is 0 Å². The van der Waals surface area contributed by atoms with Crippen LogP contribution in [0.25, 0.3) is 10.8 Å². The van der Waals surface area contributed by atoms with Gasteiger partial charge in [0.1, 0.15) is 0 Å². The van der Waals surface area contributed by atoms with Crippen molar-refractivity contribution in [2.24, 2.45) is 5.92 Å². The lowest BCUT2D eigenvalue weighted by molar-refractivity contribution is 0.0735. The number of carbonyl (C=O) groups is 1. The zero-order chi connectivity index (χ0) is 21.8. The van der Waals surface area contributed by atoms with Crippen LogP contribution in [0.1, 0.15) is 34.3 Å². The van der Waals surface area contributed by atoms with E-state index in [-0.39, 0.29) is 11.8 Å². The number of pyridine rings is 1. The van der Waals surface area contributed by atoms with Gasteiger partial charge in [0.15, 0.2) is 0 Å². The minimum absolute atomic E-state index is 0.136. The van der Waals surface area contributed by atoms with Crippen molar-refractivity contribution in [3.05, 3.63) is 77.6 Å². The molecule has 0 bridgehead atoms. The van der Waals surface area contributed by atoms with Crippen LogP contribution in [0, 0.1) is 5.92 Å². The van der Waals surface area contributed by atoms with Gasteiger partial charge < -0.3 is 9.64 Å². The van der Waals surface area contributed by atoms with Crippen LogP contribution in [0.5, 0.6) is 0 Å². The van der Waals surface area contributed by atoms with Crippen LogP contribution in [0.4, 0.5) is 0 Å². The highest BCUT2D eigenvalue weighted by Gasteiger charge is 2.26. The fraction of sp³-hybridized carbons (Fsp3) is 0.407. The number of hydrogen-bond donors (Lipinski definition) is 0. The first-order valence-corrected chi connectivity index (χ1v) is 11.8. The molecule has 0 radical (unpaired) electrons. The van der Waals surface area contributed by atoms with Crippen LogP contribution in [0.2, 0.25) is 0 Å². The second kappa shape index (κ2) is 9.80. The summed E-state index contributed by atoms with van der Waals surface area (Å²) in [6.07, 6.45) is 7.16. The third-order valence-electron chi connectivity index (χ3n) is 6.74. The van der Waals surface area contributed by atoms with Gasteiger partial charge in [0.2, 0.25) is 0 Å². The molecule has 0 saturated carbocycles. The number of aromatic nitrogens is 1. The average molecular weight is 430 g/mol. The van der Waals surface area contributed by atoms with E-state index in [0.29, 0.717) is 19.8 Å². The van der Waals surface area contributed by atoms with E-state index in [9.17, 15) is 4.79 Å². The monoisotopic (exact) mass is 429 g/mol. The molecule has 5 rings (SSSR count). The van der Waals surface area contributed by atoms with Crippen molar-refractivity contribution < 1.29 is 9.53 Å². The highest BCUT2D eigenvalue weighted by Crippen LogP contribution is 2.24. The zero-order valence-electron chi connectivity index (χ0n) is 18.6. The smallest absolute Gasteiger partial charge is 0.254 e. The number of carbonyl (C=O) groups excluding carboxylic acids is 1. The van der Waals surface area contributed by atoms with Crippen molar-refractivity contribution in [1.29, 1.82) is 0 Å². The molecule has 5 heteroatoms. The molecular weight excluding hydrogens is 398 g/mol. The average Bonchev–Trinajstić information content (AvgIpc) is 3.23. The molecule has 166 valence electrons. The van der Waals surface area contributed by atoms with E-state index >= 15 is 0 Å². The molecule has 5 nitrogen and oxygen atoms in total. The predicted molar refractivity (Wildman–Crippen MR) is 127 cm³/mol. The van der Waals surface area contributed by atoms with E-state index in [1.807, 2.05) is 35.5 Å². The summed E-state index contributed by atoms with van der Waals surface area (Å²) >= 11 is 0. The molecule has 2 saturated heterocycles. The number of fused-ring (bicyclic) bond motifs is 1. The van der Waals surface area contributed by atoms with Gasteiger partial charge >= 0.3 is 0 Å². The summed E-state index contributed by atoms with van der Waals surface area (Å²) in [4.78, 5) is 22.3. The normalized spacial score (nSPS) is 19.9. The molecule has 3 aromatic rings. The lowest BCUT2D eigenvalue weighted by Crippen LogP contribution is -2.37. The lowest BCUT2D eigenvalue weighted by Gasteiger charge is -2.26. The second-order valence-corrected chi connectivity index (χ2v) is 9.05. The molecule has 2 aromatic carbocycles. The summed E-state index contributed by atoms with van der Waals surface area (Å²) < 4.78 is 5.93. The predicted octanol–water partition coefficient (Wildman–Crippen LogP) is 4.16. The molecule has 2 fully saturated rings. The molecule has 1 amide bonds. The first kappa shape index (κ1) is 21.1. The maximum atomic E-state index is 13.6. The Bertz CT molecular complexity index is 1070. The number of rotatable bonds is 5. The van der Waals surface area contributed by atoms with Crippen molar-refractivity contribution in [3.63, 3.8) is 0 Å². The van der Waals surface area contributed by atoms with Crippen molar-refractivity contribution in [2.45, 2.75) is 25.8 Å². The van der Waals surface area contributed by atoms with Gasteiger partial charge in [0.05, 0.1) is 13.2 Å². The number of amides is 1. The maximum Gasteiger partial charge on any atom is 0.254 e. The van der Waals surface area contributed by atoms with Crippen LogP contribution in [-0.4, -0.2) is 60.1 Å². The molecular formula is C27H31N3O2. The Morgan fingerprint density at radius 1 is 1.00 bits per heavy atom. The molecule has 0 aliphatic carbocycles. The highest BCUT2D eigenvalue weighted by atomic mass is 16.5. The maximum absolute atomic E-state index is 13.6. The third-order valence-corrected chi connectivity index (χ3v) is 6.74. The minimum Gasteiger partial charge on any atom is -0.379 e. The summed E-state index contributed by atoms with van der Waals surface area (Å²) in [5.41, 5.74) is 3.28. The summed E-state index contributed by atoms with van der Waals surface area (Å²) in [6.45, 7) is 5.76. The highest BCUT2D eigenvalue weighted by molar-refractivity contribution is 5.95. The van der Waals surface area contributed by atoms with Crippen LogP contribution in [0.15, 0.2) is 60.9 Å².